The minimum Gasteiger partial charge on any atom is -0.481 e. The second-order valence-corrected chi connectivity index (χ2v) is 4.04. The Morgan fingerprint density at radius 1 is 1.50 bits per heavy atom. The van der Waals surface area contributed by atoms with E-state index in [0.717, 1.165) is 0 Å². The van der Waals surface area contributed by atoms with Gasteiger partial charge < -0.3 is 10.0 Å². The number of aromatic nitrogens is 1. The van der Waals surface area contributed by atoms with Gasteiger partial charge in [-0.15, -0.1) is 0 Å². The van der Waals surface area contributed by atoms with Crippen molar-refractivity contribution in [3.05, 3.63) is 29.0 Å². The Morgan fingerprint density at radius 2 is 2.19 bits per heavy atom. The molecule has 5 nitrogen and oxygen atoms in total. The fourth-order valence-electron chi connectivity index (χ4n) is 1.48. The maximum atomic E-state index is 11.8. The summed E-state index contributed by atoms with van der Waals surface area (Å²) >= 11 is 5.73. The molecule has 1 aromatic heterocycles. The normalized spacial score (nSPS) is 15.7. The number of pyridine rings is 1. The third-order valence-corrected chi connectivity index (χ3v) is 2.69. The Labute approximate surface area is 96.7 Å². The van der Waals surface area contributed by atoms with Crippen LogP contribution in [0.1, 0.15) is 10.5 Å². The van der Waals surface area contributed by atoms with Crippen LogP contribution in [0, 0.1) is 5.92 Å². The van der Waals surface area contributed by atoms with Crippen LogP contribution in [0.3, 0.4) is 0 Å². The molecule has 2 rings (SSSR count). The average Bonchev–Trinajstić information content (AvgIpc) is 2.14. The summed E-state index contributed by atoms with van der Waals surface area (Å²) < 4.78 is 0. The lowest BCUT2D eigenvalue weighted by Crippen LogP contribution is -2.53. The molecule has 0 saturated carbocycles. The molecule has 0 aromatic carbocycles. The number of halogens is 1. The van der Waals surface area contributed by atoms with Gasteiger partial charge in [0.05, 0.1) is 5.92 Å². The molecule has 1 aromatic rings. The van der Waals surface area contributed by atoms with E-state index in [1.165, 1.54) is 17.2 Å². The third kappa shape index (κ3) is 1.99. The monoisotopic (exact) mass is 240 g/mol. The van der Waals surface area contributed by atoms with Crippen molar-refractivity contribution in [3.63, 3.8) is 0 Å². The number of nitrogens with zero attached hydrogens (tertiary/aromatic N) is 2. The zero-order valence-corrected chi connectivity index (χ0v) is 9.02. The molecule has 84 valence electrons. The third-order valence-electron chi connectivity index (χ3n) is 2.46. The first-order valence-electron chi connectivity index (χ1n) is 4.71. The van der Waals surface area contributed by atoms with Crippen LogP contribution in [0.25, 0.3) is 0 Å². The van der Waals surface area contributed by atoms with Crippen molar-refractivity contribution in [2.75, 3.05) is 13.1 Å². The van der Waals surface area contributed by atoms with Crippen LogP contribution in [-0.4, -0.2) is 40.0 Å². The number of rotatable bonds is 2. The predicted octanol–water partition coefficient (Wildman–Crippen LogP) is 0.892. The molecule has 0 bridgehead atoms. The molecule has 16 heavy (non-hydrogen) atoms. The van der Waals surface area contributed by atoms with Crippen LogP contribution in [0.15, 0.2) is 18.3 Å². The number of amides is 1. The molecule has 0 unspecified atom stereocenters. The molecular weight excluding hydrogens is 232 g/mol. The molecule has 0 spiro atoms. The second kappa shape index (κ2) is 4.09. The molecule has 1 N–H and O–H groups in total. The van der Waals surface area contributed by atoms with Gasteiger partial charge in [0.25, 0.3) is 5.91 Å². The van der Waals surface area contributed by atoms with Gasteiger partial charge in [-0.3, -0.25) is 14.6 Å². The molecule has 0 aliphatic carbocycles. The van der Waals surface area contributed by atoms with Crippen LogP contribution in [0.2, 0.25) is 5.02 Å². The number of carbonyl (C=O) groups excluding carboxylic acids is 1. The van der Waals surface area contributed by atoms with E-state index < -0.39 is 11.9 Å². The largest absolute Gasteiger partial charge is 0.481 e. The lowest BCUT2D eigenvalue weighted by atomic mass is 10.00. The minimum atomic E-state index is -0.872. The second-order valence-electron chi connectivity index (χ2n) is 3.60. The Hall–Kier alpha value is -1.62. The van der Waals surface area contributed by atoms with Crippen molar-refractivity contribution < 1.29 is 14.7 Å². The summed E-state index contributed by atoms with van der Waals surface area (Å²) in [6, 6.07) is 3.05. The van der Waals surface area contributed by atoms with Gasteiger partial charge in [0, 0.05) is 24.3 Å². The fraction of sp³-hybridized carbons (Fsp3) is 0.300. The highest BCUT2D eigenvalue weighted by Crippen LogP contribution is 2.19. The first kappa shape index (κ1) is 10.9. The van der Waals surface area contributed by atoms with E-state index in [2.05, 4.69) is 4.98 Å². The number of hydrogen-bond acceptors (Lipinski definition) is 3. The summed E-state index contributed by atoms with van der Waals surface area (Å²) in [5.41, 5.74) is 0.247. The van der Waals surface area contributed by atoms with Crippen LogP contribution < -0.4 is 0 Å². The van der Waals surface area contributed by atoms with Crippen LogP contribution >= 0.6 is 11.6 Å². The van der Waals surface area contributed by atoms with E-state index >= 15 is 0 Å². The van der Waals surface area contributed by atoms with E-state index in [1.807, 2.05) is 0 Å². The number of carboxylic acid groups (broad SMARTS) is 1. The smallest absolute Gasteiger partial charge is 0.310 e. The van der Waals surface area contributed by atoms with Gasteiger partial charge in [-0.2, -0.15) is 0 Å². The maximum absolute atomic E-state index is 11.8. The summed E-state index contributed by atoms with van der Waals surface area (Å²) in [5, 5.41) is 9.11. The van der Waals surface area contributed by atoms with Crippen molar-refractivity contribution in [1.82, 2.24) is 9.88 Å². The molecule has 1 amide bonds. The van der Waals surface area contributed by atoms with E-state index in [9.17, 15) is 9.59 Å². The first-order chi connectivity index (χ1) is 7.58. The highest BCUT2D eigenvalue weighted by molar-refractivity contribution is 6.30. The van der Waals surface area contributed by atoms with Gasteiger partial charge >= 0.3 is 5.97 Å². The standard InChI is InChI=1S/C10H9ClN2O3/c11-7-1-2-12-8(3-7)9(14)13-4-6(5-13)10(15)16/h1-3,6H,4-5H2,(H,15,16). The van der Waals surface area contributed by atoms with E-state index in [4.69, 9.17) is 16.7 Å². The zero-order valence-electron chi connectivity index (χ0n) is 8.26. The quantitative estimate of drug-likeness (QED) is 0.834. The lowest BCUT2D eigenvalue weighted by Gasteiger charge is -2.36. The van der Waals surface area contributed by atoms with Crippen LogP contribution in [0.5, 0.6) is 0 Å². The van der Waals surface area contributed by atoms with Crippen molar-refractivity contribution in [1.29, 1.82) is 0 Å². The molecular formula is C10H9ClN2O3. The molecule has 0 atom stereocenters. The highest BCUT2D eigenvalue weighted by atomic mass is 35.5. The Morgan fingerprint density at radius 3 is 2.75 bits per heavy atom. The number of likely N-dealkylation sites (tertiary alicyclic amines) is 1. The molecule has 1 aliphatic heterocycles. The van der Waals surface area contributed by atoms with Gasteiger partial charge in [-0.25, -0.2) is 0 Å². The van der Waals surface area contributed by atoms with Crippen molar-refractivity contribution >= 4 is 23.5 Å². The van der Waals surface area contributed by atoms with Crippen LogP contribution in [0.4, 0.5) is 0 Å². The summed E-state index contributed by atoms with van der Waals surface area (Å²) in [6.07, 6.45) is 1.45. The Bertz CT molecular complexity index is 443. The SMILES string of the molecule is O=C(O)C1CN(C(=O)c2cc(Cl)ccn2)C1. The summed E-state index contributed by atoms with van der Waals surface area (Å²) in [6.45, 7) is 0.477. The molecule has 1 saturated heterocycles. The van der Waals surface area contributed by atoms with Gasteiger partial charge in [0.2, 0.25) is 0 Å². The van der Waals surface area contributed by atoms with Gasteiger partial charge in [0.15, 0.2) is 0 Å². The summed E-state index contributed by atoms with van der Waals surface area (Å²) in [5.74, 6) is -1.61. The lowest BCUT2D eigenvalue weighted by molar-refractivity contribution is -0.146. The molecule has 2 heterocycles. The molecule has 1 fully saturated rings. The van der Waals surface area contributed by atoms with Crippen LogP contribution in [-0.2, 0) is 4.79 Å². The minimum absolute atomic E-state index is 0.238. The van der Waals surface area contributed by atoms with E-state index in [1.54, 1.807) is 6.07 Å². The average molecular weight is 241 g/mol. The van der Waals surface area contributed by atoms with Crippen molar-refractivity contribution in [3.8, 4) is 0 Å². The summed E-state index contributed by atoms with van der Waals surface area (Å²) in [7, 11) is 0. The van der Waals surface area contributed by atoms with Crippen molar-refractivity contribution in [2.24, 2.45) is 5.92 Å². The fourth-order valence-corrected chi connectivity index (χ4v) is 1.64. The van der Waals surface area contributed by atoms with E-state index in [0.29, 0.717) is 5.02 Å². The summed E-state index contributed by atoms with van der Waals surface area (Å²) in [4.78, 5) is 27.7. The van der Waals surface area contributed by atoms with Gasteiger partial charge in [0.1, 0.15) is 5.69 Å². The van der Waals surface area contributed by atoms with Crippen molar-refractivity contribution in [2.45, 2.75) is 0 Å². The highest BCUT2D eigenvalue weighted by Gasteiger charge is 2.36. The Kier molecular flexibility index (Phi) is 2.78. The van der Waals surface area contributed by atoms with Gasteiger partial charge in [-0.05, 0) is 12.1 Å². The number of hydrogen-bond donors (Lipinski definition) is 1. The molecule has 6 heteroatoms. The zero-order chi connectivity index (χ0) is 11.7. The number of carboxylic acids is 1. The maximum Gasteiger partial charge on any atom is 0.310 e. The molecule has 0 radical (unpaired) electrons. The number of aliphatic carboxylic acids is 1. The van der Waals surface area contributed by atoms with E-state index in [-0.39, 0.29) is 24.7 Å². The predicted molar refractivity (Wildman–Crippen MR) is 56.3 cm³/mol. The first-order valence-corrected chi connectivity index (χ1v) is 5.09. The Balaban J connectivity index is 2.03. The number of carbonyl (C=O) groups is 2. The molecule has 1 aliphatic rings. The van der Waals surface area contributed by atoms with Gasteiger partial charge in [-0.1, -0.05) is 11.6 Å². The topological polar surface area (TPSA) is 70.5 Å².